The van der Waals surface area contributed by atoms with Crippen LogP contribution in [-0.2, 0) is 4.74 Å². The van der Waals surface area contributed by atoms with Crippen molar-refractivity contribution in [2.45, 2.75) is 26.4 Å². The predicted octanol–water partition coefficient (Wildman–Crippen LogP) is 6.25. The van der Waals surface area contributed by atoms with Gasteiger partial charge >= 0.3 is 5.97 Å². The summed E-state index contributed by atoms with van der Waals surface area (Å²) in [6, 6.07) is 25.4. The van der Waals surface area contributed by atoms with Crippen LogP contribution in [0.1, 0.15) is 36.8 Å². The number of para-hydroxylation sites is 1. The van der Waals surface area contributed by atoms with E-state index in [2.05, 4.69) is 39.9 Å². The molecule has 0 spiro atoms. The summed E-state index contributed by atoms with van der Waals surface area (Å²) < 4.78 is 7.64. The highest BCUT2D eigenvalue weighted by atomic mass is 16.6. The van der Waals surface area contributed by atoms with Crippen LogP contribution < -0.4 is 5.73 Å². The summed E-state index contributed by atoms with van der Waals surface area (Å²) >= 11 is 0. The molecule has 0 unspecified atom stereocenters. The molecule has 172 valence electrons. The molecule has 0 amide bonds. The van der Waals surface area contributed by atoms with Crippen LogP contribution >= 0.6 is 0 Å². The Kier molecular flexibility index (Phi) is 5.26. The molecule has 2 N–H and O–H groups in total. The number of ether oxygens (including phenoxy) is 1. The van der Waals surface area contributed by atoms with E-state index in [1.54, 1.807) is 24.4 Å². The molecule has 0 fully saturated rings. The van der Waals surface area contributed by atoms with Crippen LogP contribution in [0.25, 0.3) is 38.6 Å². The van der Waals surface area contributed by atoms with Crippen molar-refractivity contribution in [3.8, 4) is 22.9 Å². The number of rotatable bonds is 3. The highest BCUT2D eigenvalue weighted by Gasteiger charge is 2.21. The van der Waals surface area contributed by atoms with E-state index >= 15 is 0 Å². The minimum absolute atomic E-state index is 0.341. The van der Waals surface area contributed by atoms with Crippen molar-refractivity contribution in [2.24, 2.45) is 0 Å². The van der Waals surface area contributed by atoms with Crippen LogP contribution in [0.2, 0.25) is 0 Å². The van der Waals surface area contributed by atoms with Crippen molar-refractivity contribution in [3.63, 3.8) is 0 Å². The van der Waals surface area contributed by atoms with Gasteiger partial charge < -0.3 is 15.0 Å². The number of aromatic nitrogens is 2. The van der Waals surface area contributed by atoms with E-state index in [9.17, 15) is 4.79 Å². The van der Waals surface area contributed by atoms with Crippen LogP contribution in [0, 0.1) is 11.3 Å². The second-order valence-corrected chi connectivity index (χ2v) is 9.37. The first kappa shape index (κ1) is 22.2. The standard InChI is InChI=1S/C29H24N4O2/c1-29(2,3)35-28(34)22-14-13-20(15-24(22)31)33-25-9-5-4-7-23(25)27-21(8-6-10-26(27)33)18-11-12-19(16-30)32-17-18/h4-15,17H,31H2,1-3H3. The highest BCUT2D eigenvalue weighted by Crippen LogP contribution is 2.38. The monoisotopic (exact) mass is 460 g/mol. The fraction of sp³-hybridized carbons (Fsp3) is 0.138. The lowest BCUT2D eigenvalue weighted by atomic mass is 10.0. The Bertz CT molecular complexity index is 1630. The summed E-state index contributed by atoms with van der Waals surface area (Å²) in [7, 11) is 0. The molecule has 3 aromatic carbocycles. The quantitative estimate of drug-likeness (QED) is 0.253. The Balaban J connectivity index is 1.71. The number of hydrogen-bond acceptors (Lipinski definition) is 5. The number of nitrogens with two attached hydrogens (primary N) is 1. The van der Waals surface area contributed by atoms with Crippen LogP contribution in [0.4, 0.5) is 5.69 Å². The number of pyridine rings is 1. The lowest BCUT2D eigenvalue weighted by Crippen LogP contribution is -2.24. The molecular weight excluding hydrogens is 436 g/mol. The SMILES string of the molecule is CC(C)(C)OC(=O)c1ccc(-n2c3ccccc3c3c(-c4ccc(C#N)nc4)cccc32)cc1N. The van der Waals surface area contributed by atoms with Gasteiger partial charge in [0.1, 0.15) is 17.4 Å². The van der Waals surface area contributed by atoms with Crippen molar-refractivity contribution in [2.75, 3.05) is 5.73 Å². The summed E-state index contributed by atoms with van der Waals surface area (Å²) in [5, 5.41) is 11.3. The van der Waals surface area contributed by atoms with E-state index in [1.165, 1.54) is 0 Å². The lowest BCUT2D eigenvalue weighted by Gasteiger charge is -2.20. The molecule has 0 aliphatic carbocycles. The van der Waals surface area contributed by atoms with E-state index in [-0.39, 0.29) is 0 Å². The Labute approximate surface area is 203 Å². The van der Waals surface area contributed by atoms with Crippen LogP contribution in [0.3, 0.4) is 0 Å². The molecule has 2 heterocycles. The number of benzene rings is 3. The Hall–Kier alpha value is -4.63. The molecule has 0 saturated carbocycles. The van der Waals surface area contributed by atoms with Gasteiger partial charge in [-0.05, 0) is 68.8 Å². The van der Waals surface area contributed by atoms with E-state index in [0.29, 0.717) is 16.9 Å². The molecule has 6 heteroatoms. The zero-order chi connectivity index (χ0) is 24.7. The minimum atomic E-state index is -0.605. The van der Waals surface area contributed by atoms with Crippen molar-refractivity contribution in [3.05, 3.63) is 90.3 Å². The number of nitrogen functional groups attached to an aromatic ring is 1. The third kappa shape index (κ3) is 3.98. The fourth-order valence-corrected chi connectivity index (χ4v) is 4.37. The number of anilines is 1. The molecule has 5 rings (SSSR count). The molecule has 0 aliphatic heterocycles. The topological polar surface area (TPSA) is 93.9 Å². The zero-order valence-electron chi connectivity index (χ0n) is 19.7. The van der Waals surface area contributed by atoms with Crippen LogP contribution in [-0.4, -0.2) is 21.1 Å². The van der Waals surface area contributed by atoms with Crippen molar-refractivity contribution in [1.29, 1.82) is 5.26 Å². The average Bonchev–Trinajstić information content (AvgIpc) is 3.17. The predicted molar refractivity (Wildman–Crippen MR) is 138 cm³/mol. The molecule has 0 aliphatic rings. The fourth-order valence-electron chi connectivity index (χ4n) is 4.37. The lowest BCUT2D eigenvalue weighted by molar-refractivity contribution is 0.00708. The Morgan fingerprint density at radius 3 is 2.46 bits per heavy atom. The van der Waals surface area contributed by atoms with Crippen molar-refractivity contribution >= 4 is 33.5 Å². The van der Waals surface area contributed by atoms with E-state index in [1.807, 2.05) is 51.1 Å². The summed E-state index contributed by atoms with van der Waals surface area (Å²) in [4.78, 5) is 16.9. The maximum atomic E-state index is 12.6. The van der Waals surface area contributed by atoms with Crippen molar-refractivity contribution in [1.82, 2.24) is 9.55 Å². The van der Waals surface area contributed by atoms with Gasteiger partial charge in [0.2, 0.25) is 0 Å². The summed E-state index contributed by atoms with van der Waals surface area (Å²) in [5.74, 6) is -0.445. The number of esters is 1. The Morgan fingerprint density at radius 1 is 1.00 bits per heavy atom. The van der Waals surface area contributed by atoms with Gasteiger partial charge in [0.25, 0.3) is 0 Å². The number of fused-ring (bicyclic) bond motifs is 3. The normalized spacial score (nSPS) is 11.5. The van der Waals surface area contributed by atoms with Crippen LogP contribution in [0.5, 0.6) is 0 Å². The number of carbonyl (C=O) groups is 1. The van der Waals surface area contributed by atoms with Gasteiger partial charge in [-0.1, -0.05) is 30.3 Å². The van der Waals surface area contributed by atoms with Gasteiger partial charge in [-0.15, -0.1) is 0 Å². The number of carbonyl (C=O) groups excluding carboxylic acids is 1. The first-order chi connectivity index (χ1) is 16.8. The van der Waals surface area contributed by atoms with E-state index in [0.717, 1.165) is 38.6 Å². The van der Waals surface area contributed by atoms with E-state index in [4.69, 9.17) is 15.7 Å². The minimum Gasteiger partial charge on any atom is -0.456 e. The number of nitrogens with zero attached hydrogens (tertiary/aromatic N) is 3. The summed E-state index contributed by atoms with van der Waals surface area (Å²) in [6.07, 6.45) is 1.73. The second kappa shape index (κ2) is 8.30. The van der Waals surface area contributed by atoms with Gasteiger partial charge in [0.05, 0.1) is 16.6 Å². The molecule has 0 radical (unpaired) electrons. The third-order valence-corrected chi connectivity index (χ3v) is 5.80. The van der Waals surface area contributed by atoms with Crippen LogP contribution in [0.15, 0.2) is 79.0 Å². The molecule has 6 nitrogen and oxygen atoms in total. The molecular formula is C29H24N4O2. The van der Waals surface area contributed by atoms with Gasteiger partial charge in [-0.3, -0.25) is 0 Å². The summed E-state index contributed by atoms with van der Waals surface area (Å²) in [6.45, 7) is 5.48. The highest BCUT2D eigenvalue weighted by molar-refractivity contribution is 6.15. The molecule has 35 heavy (non-hydrogen) atoms. The number of nitriles is 1. The molecule has 0 bridgehead atoms. The largest absolute Gasteiger partial charge is 0.456 e. The average molecular weight is 461 g/mol. The zero-order valence-corrected chi connectivity index (χ0v) is 19.7. The third-order valence-electron chi connectivity index (χ3n) is 5.80. The maximum absolute atomic E-state index is 12.6. The summed E-state index contributed by atoms with van der Waals surface area (Å²) in [5.41, 5.74) is 11.6. The maximum Gasteiger partial charge on any atom is 0.340 e. The Morgan fingerprint density at radius 2 is 1.77 bits per heavy atom. The van der Waals surface area contributed by atoms with Gasteiger partial charge in [-0.25, -0.2) is 9.78 Å². The molecule has 2 aromatic heterocycles. The number of hydrogen-bond donors (Lipinski definition) is 1. The van der Waals surface area contributed by atoms with E-state index < -0.39 is 11.6 Å². The molecule has 0 atom stereocenters. The first-order valence-corrected chi connectivity index (χ1v) is 11.3. The second-order valence-electron chi connectivity index (χ2n) is 9.37. The van der Waals surface area contributed by atoms with Crippen molar-refractivity contribution < 1.29 is 9.53 Å². The molecule has 0 saturated heterocycles. The first-order valence-electron chi connectivity index (χ1n) is 11.3. The molecule has 5 aromatic rings. The van der Waals surface area contributed by atoms with Gasteiger partial charge in [-0.2, -0.15) is 5.26 Å². The van der Waals surface area contributed by atoms with Gasteiger partial charge in [0.15, 0.2) is 0 Å². The van der Waals surface area contributed by atoms with Gasteiger partial charge in [0, 0.05) is 33.9 Å². The smallest absolute Gasteiger partial charge is 0.340 e.